The Labute approximate surface area is 115 Å². The van der Waals surface area contributed by atoms with Gasteiger partial charge in [-0.05, 0) is 37.1 Å². The van der Waals surface area contributed by atoms with Crippen LogP contribution in [0.3, 0.4) is 0 Å². The molecule has 0 bridgehead atoms. The first-order chi connectivity index (χ1) is 8.93. The predicted octanol–water partition coefficient (Wildman–Crippen LogP) is 1.36. The Morgan fingerprint density at radius 3 is 2.53 bits per heavy atom. The van der Waals surface area contributed by atoms with Crippen LogP contribution in [-0.2, 0) is 10.0 Å². The minimum atomic E-state index is -3.56. The highest BCUT2D eigenvalue weighted by molar-refractivity contribution is 7.89. The average Bonchev–Trinajstić information content (AvgIpc) is 2.37. The Morgan fingerprint density at radius 2 is 2.00 bits per heavy atom. The summed E-state index contributed by atoms with van der Waals surface area (Å²) in [4.78, 5) is 0.226. The molecule has 0 atom stereocenters. The van der Waals surface area contributed by atoms with Gasteiger partial charge in [0.05, 0.1) is 11.5 Å². The fraction of sp³-hybridized carbons (Fsp3) is 0.538. The molecule has 0 radical (unpaired) electrons. The van der Waals surface area contributed by atoms with Crippen molar-refractivity contribution in [2.45, 2.75) is 31.6 Å². The highest BCUT2D eigenvalue weighted by Gasteiger charge is 2.23. The number of sulfonamides is 1. The Hall–Kier alpha value is -1.11. The van der Waals surface area contributed by atoms with Crippen molar-refractivity contribution in [1.82, 2.24) is 4.31 Å². The van der Waals surface area contributed by atoms with Crippen LogP contribution in [0, 0.1) is 6.92 Å². The number of benzene rings is 1. The van der Waals surface area contributed by atoms with E-state index in [9.17, 15) is 8.42 Å². The summed E-state index contributed by atoms with van der Waals surface area (Å²) < 4.78 is 26.3. The molecule has 0 aromatic heterocycles. The number of aliphatic hydroxyl groups is 1. The lowest BCUT2D eigenvalue weighted by Crippen LogP contribution is -2.34. The topological polar surface area (TPSA) is 83.6 Å². The van der Waals surface area contributed by atoms with E-state index in [0.29, 0.717) is 12.2 Å². The van der Waals surface area contributed by atoms with E-state index >= 15 is 0 Å². The highest BCUT2D eigenvalue weighted by atomic mass is 32.2. The predicted molar refractivity (Wildman–Crippen MR) is 76.3 cm³/mol. The van der Waals surface area contributed by atoms with Gasteiger partial charge in [-0.25, -0.2) is 8.42 Å². The molecule has 0 saturated carbocycles. The standard InChI is InChI=1S/C13H22N2O3S/c1-3-4-7-15(8-9-16)19(17,18)12-5-6-13(14)11(2)10-12/h5-6,10,16H,3-4,7-9,14H2,1-2H3. The number of nitrogens with two attached hydrogens (primary N) is 1. The van der Waals surface area contributed by atoms with Crippen LogP contribution in [0.2, 0.25) is 0 Å². The summed E-state index contributed by atoms with van der Waals surface area (Å²) in [6.45, 7) is 4.12. The van der Waals surface area contributed by atoms with Crippen LogP contribution < -0.4 is 5.73 Å². The zero-order valence-corrected chi connectivity index (χ0v) is 12.3. The van der Waals surface area contributed by atoms with E-state index < -0.39 is 10.0 Å². The van der Waals surface area contributed by atoms with E-state index in [1.165, 1.54) is 10.4 Å². The van der Waals surface area contributed by atoms with Crippen molar-refractivity contribution in [2.75, 3.05) is 25.4 Å². The summed E-state index contributed by atoms with van der Waals surface area (Å²) in [6, 6.07) is 4.67. The van der Waals surface area contributed by atoms with E-state index in [1.54, 1.807) is 19.1 Å². The van der Waals surface area contributed by atoms with Crippen molar-refractivity contribution in [1.29, 1.82) is 0 Å². The average molecular weight is 286 g/mol. The van der Waals surface area contributed by atoms with Gasteiger partial charge in [0.2, 0.25) is 10.0 Å². The smallest absolute Gasteiger partial charge is 0.243 e. The van der Waals surface area contributed by atoms with Crippen molar-refractivity contribution < 1.29 is 13.5 Å². The summed E-state index contributed by atoms with van der Waals surface area (Å²) in [5, 5.41) is 9.02. The number of nitrogen functional groups attached to an aromatic ring is 1. The first-order valence-corrected chi connectivity index (χ1v) is 7.84. The minimum Gasteiger partial charge on any atom is -0.399 e. The Balaban J connectivity index is 3.07. The van der Waals surface area contributed by atoms with Crippen LogP contribution in [0.25, 0.3) is 0 Å². The number of unbranched alkanes of at least 4 members (excludes halogenated alkanes) is 1. The Morgan fingerprint density at radius 1 is 1.32 bits per heavy atom. The maximum atomic E-state index is 12.5. The van der Waals surface area contributed by atoms with Gasteiger partial charge in [0.15, 0.2) is 0 Å². The molecular formula is C13H22N2O3S. The minimum absolute atomic E-state index is 0.117. The second-order valence-corrected chi connectivity index (χ2v) is 6.44. The number of nitrogens with zero attached hydrogens (tertiary/aromatic N) is 1. The maximum absolute atomic E-state index is 12.5. The number of hydrogen-bond donors (Lipinski definition) is 2. The van der Waals surface area contributed by atoms with Crippen LogP contribution >= 0.6 is 0 Å². The molecule has 1 aromatic rings. The molecule has 108 valence electrons. The molecule has 0 spiro atoms. The van der Waals surface area contributed by atoms with Gasteiger partial charge in [0, 0.05) is 18.8 Å². The maximum Gasteiger partial charge on any atom is 0.243 e. The van der Waals surface area contributed by atoms with Gasteiger partial charge in [-0.3, -0.25) is 0 Å². The first-order valence-electron chi connectivity index (χ1n) is 6.40. The number of anilines is 1. The van der Waals surface area contributed by atoms with E-state index in [0.717, 1.165) is 18.4 Å². The van der Waals surface area contributed by atoms with Gasteiger partial charge in [-0.15, -0.1) is 0 Å². The lowest BCUT2D eigenvalue weighted by atomic mass is 10.2. The normalized spacial score (nSPS) is 12.0. The largest absolute Gasteiger partial charge is 0.399 e. The van der Waals surface area contributed by atoms with Crippen LogP contribution in [0.4, 0.5) is 5.69 Å². The summed E-state index contributed by atoms with van der Waals surface area (Å²) in [7, 11) is -3.56. The van der Waals surface area contributed by atoms with Crippen molar-refractivity contribution in [3.8, 4) is 0 Å². The Kier molecular flexibility index (Phi) is 5.78. The van der Waals surface area contributed by atoms with Crippen molar-refractivity contribution in [3.05, 3.63) is 23.8 Å². The molecule has 5 nitrogen and oxygen atoms in total. The quantitative estimate of drug-likeness (QED) is 0.741. The van der Waals surface area contributed by atoms with Gasteiger partial charge in [0.1, 0.15) is 0 Å². The van der Waals surface area contributed by atoms with E-state index in [-0.39, 0.29) is 18.0 Å². The summed E-state index contributed by atoms with van der Waals surface area (Å²) in [5.74, 6) is 0. The fourth-order valence-corrected chi connectivity index (χ4v) is 3.31. The molecule has 0 unspecified atom stereocenters. The third-order valence-electron chi connectivity index (χ3n) is 2.99. The molecule has 0 heterocycles. The van der Waals surface area contributed by atoms with E-state index in [1.807, 2.05) is 6.92 Å². The number of aryl methyl sites for hydroxylation is 1. The summed E-state index contributed by atoms with van der Waals surface area (Å²) in [5.41, 5.74) is 7.01. The molecule has 1 aromatic carbocycles. The van der Waals surface area contributed by atoms with Crippen molar-refractivity contribution >= 4 is 15.7 Å². The van der Waals surface area contributed by atoms with Gasteiger partial charge in [-0.2, -0.15) is 4.31 Å². The van der Waals surface area contributed by atoms with Gasteiger partial charge >= 0.3 is 0 Å². The molecule has 0 aliphatic rings. The zero-order valence-electron chi connectivity index (χ0n) is 11.5. The highest BCUT2D eigenvalue weighted by Crippen LogP contribution is 2.20. The van der Waals surface area contributed by atoms with Crippen LogP contribution in [0.15, 0.2) is 23.1 Å². The van der Waals surface area contributed by atoms with Crippen LogP contribution in [0.5, 0.6) is 0 Å². The second kappa shape index (κ2) is 6.88. The number of rotatable bonds is 7. The molecule has 0 amide bonds. The number of aliphatic hydroxyl groups excluding tert-OH is 1. The van der Waals surface area contributed by atoms with Crippen molar-refractivity contribution in [2.24, 2.45) is 0 Å². The third-order valence-corrected chi connectivity index (χ3v) is 4.88. The van der Waals surface area contributed by atoms with E-state index in [4.69, 9.17) is 10.8 Å². The molecule has 0 aliphatic carbocycles. The molecule has 0 fully saturated rings. The number of hydrogen-bond acceptors (Lipinski definition) is 4. The summed E-state index contributed by atoms with van der Waals surface area (Å²) in [6.07, 6.45) is 1.67. The Bertz CT molecular complexity index is 515. The summed E-state index contributed by atoms with van der Waals surface area (Å²) >= 11 is 0. The molecule has 6 heteroatoms. The molecule has 19 heavy (non-hydrogen) atoms. The molecule has 3 N–H and O–H groups in total. The van der Waals surface area contributed by atoms with Gasteiger partial charge in [0.25, 0.3) is 0 Å². The molecule has 1 rings (SSSR count). The van der Waals surface area contributed by atoms with Crippen molar-refractivity contribution in [3.63, 3.8) is 0 Å². The zero-order chi connectivity index (χ0) is 14.5. The first kappa shape index (κ1) is 15.9. The molecule has 0 aliphatic heterocycles. The van der Waals surface area contributed by atoms with Gasteiger partial charge in [-0.1, -0.05) is 13.3 Å². The third kappa shape index (κ3) is 3.92. The monoisotopic (exact) mass is 286 g/mol. The lowest BCUT2D eigenvalue weighted by molar-refractivity contribution is 0.252. The molecule has 0 saturated heterocycles. The van der Waals surface area contributed by atoms with Crippen LogP contribution in [0.1, 0.15) is 25.3 Å². The van der Waals surface area contributed by atoms with Gasteiger partial charge < -0.3 is 10.8 Å². The van der Waals surface area contributed by atoms with Crippen LogP contribution in [-0.4, -0.2) is 37.5 Å². The molecular weight excluding hydrogens is 264 g/mol. The fourth-order valence-electron chi connectivity index (χ4n) is 1.76. The second-order valence-electron chi connectivity index (χ2n) is 4.50. The SMILES string of the molecule is CCCCN(CCO)S(=O)(=O)c1ccc(N)c(C)c1. The lowest BCUT2D eigenvalue weighted by Gasteiger charge is -2.21. The van der Waals surface area contributed by atoms with E-state index in [2.05, 4.69) is 0 Å².